The van der Waals surface area contributed by atoms with Gasteiger partial charge < -0.3 is 10.1 Å². The van der Waals surface area contributed by atoms with Gasteiger partial charge in [-0.05, 0) is 79.4 Å². The Bertz CT molecular complexity index is 1150. The number of aromatic nitrogens is 1. The van der Waals surface area contributed by atoms with Gasteiger partial charge in [-0.2, -0.15) is 0 Å². The molecule has 1 N–H and O–H groups in total. The van der Waals surface area contributed by atoms with E-state index < -0.39 is 0 Å². The van der Waals surface area contributed by atoms with Crippen LogP contribution in [0, 0.1) is 6.92 Å². The molecule has 1 amide bonds. The Morgan fingerprint density at radius 1 is 1.03 bits per heavy atom. The molecule has 0 fully saturated rings. The maximum Gasteiger partial charge on any atom is 0.224 e. The number of nitrogens with one attached hydrogen (secondary N) is 1. The summed E-state index contributed by atoms with van der Waals surface area (Å²) in [5.41, 5.74) is 5.34. The first-order valence-electron chi connectivity index (χ1n) is 10.0. The van der Waals surface area contributed by atoms with Crippen molar-refractivity contribution in [2.24, 2.45) is 0 Å². The lowest BCUT2D eigenvalue weighted by atomic mass is 10.1. The Kier molecular flexibility index (Phi) is 6.10. The van der Waals surface area contributed by atoms with Crippen LogP contribution in [0.25, 0.3) is 20.8 Å². The van der Waals surface area contributed by atoms with Crippen LogP contribution >= 0.6 is 11.3 Å². The molecular weight excluding hydrogens is 392 g/mol. The Labute approximate surface area is 180 Å². The molecule has 0 aliphatic carbocycles. The van der Waals surface area contributed by atoms with Crippen LogP contribution in [-0.2, 0) is 11.2 Å². The van der Waals surface area contributed by atoms with Crippen molar-refractivity contribution in [2.45, 2.75) is 26.2 Å². The minimum atomic E-state index is 0.0340. The zero-order valence-electron chi connectivity index (χ0n) is 17.1. The Morgan fingerprint density at radius 3 is 2.53 bits per heavy atom. The number of anilines is 1. The number of aryl methyl sites for hydroxylation is 2. The topological polar surface area (TPSA) is 51.2 Å². The van der Waals surface area contributed by atoms with Gasteiger partial charge in [0, 0.05) is 17.7 Å². The number of rotatable bonds is 7. The third kappa shape index (κ3) is 4.86. The van der Waals surface area contributed by atoms with Crippen LogP contribution in [0.5, 0.6) is 5.75 Å². The molecule has 1 aromatic heterocycles. The van der Waals surface area contributed by atoms with E-state index >= 15 is 0 Å². The highest BCUT2D eigenvalue weighted by molar-refractivity contribution is 7.21. The van der Waals surface area contributed by atoms with E-state index in [2.05, 4.69) is 30.4 Å². The molecule has 0 unspecified atom stereocenters. The van der Waals surface area contributed by atoms with Crippen LogP contribution in [0.4, 0.5) is 5.69 Å². The summed E-state index contributed by atoms with van der Waals surface area (Å²) in [6.45, 7) is 2.09. The Hall–Kier alpha value is -3.18. The first-order valence-corrected chi connectivity index (χ1v) is 10.8. The highest BCUT2D eigenvalue weighted by atomic mass is 32.1. The fraction of sp³-hybridized carbons (Fsp3) is 0.200. The molecular formula is C25H24N2O2S. The number of methoxy groups -OCH3 is 1. The van der Waals surface area contributed by atoms with E-state index in [4.69, 9.17) is 9.72 Å². The maximum atomic E-state index is 12.3. The van der Waals surface area contributed by atoms with E-state index in [-0.39, 0.29) is 5.91 Å². The fourth-order valence-electron chi connectivity index (χ4n) is 3.32. The average Bonchev–Trinajstić information content (AvgIpc) is 3.18. The van der Waals surface area contributed by atoms with Crippen LogP contribution in [0.2, 0.25) is 0 Å². The van der Waals surface area contributed by atoms with E-state index in [1.165, 1.54) is 15.8 Å². The molecule has 0 atom stereocenters. The van der Waals surface area contributed by atoms with Crippen molar-refractivity contribution in [3.63, 3.8) is 0 Å². The molecule has 0 saturated heterocycles. The largest absolute Gasteiger partial charge is 0.497 e. The quantitative estimate of drug-likeness (QED) is 0.388. The molecule has 0 radical (unpaired) electrons. The van der Waals surface area contributed by atoms with Gasteiger partial charge in [0.05, 0.1) is 17.3 Å². The van der Waals surface area contributed by atoms with Gasteiger partial charge in [-0.15, -0.1) is 11.3 Å². The summed E-state index contributed by atoms with van der Waals surface area (Å²) < 4.78 is 6.36. The lowest BCUT2D eigenvalue weighted by Crippen LogP contribution is -2.11. The Balaban J connectivity index is 1.31. The molecule has 152 valence electrons. The molecule has 4 aromatic rings. The first kappa shape index (κ1) is 20.1. The number of hydrogen-bond donors (Lipinski definition) is 1. The van der Waals surface area contributed by atoms with Crippen LogP contribution in [0.3, 0.4) is 0 Å². The molecule has 4 rings (SSSR count). The second kappa shape index (κ2) is 9.09. The minimum absolute atomic E-state index is 0.0340. The molecule has 0 spiro atoms. The molecule has 0 aliphatic rings. The van der Waals surface area contributed by atoms with E-state index in [0.29, 0.717) is 6.42 Å². The van der Waals surface area contributed by atoms with Crippen LogP contribution in [0.15, 0.2) is 66.7 Å². The number of nitrogens with zero attached hydrogens (tertiary/aromatic N) is 1. The third-order valence-corrected chi connectivity index (χ3v) is 6.06. The van der Waals surface area contributed by atoms with Crippen molar-refractivity contribution in [3.05, 3.63) is 77.9 Å². The predicted molar refractivity (Wildman–Crippen MR) is 124 cm³/mol. The molecule has 0 aliphatic heterocycles. The molecule has 4 nitrogen and oxygen atoms in total. The number of benzene rings is 3. The van der Waals surface area contributed by atoms with Gasteiger partial charge in [-0.1, -0.05) is 18.2 Å². The lowest BCUT2D eigenvalue weighted by molar-refractivity contribution is -0.116. The molecule has 1 heterocycles. The van der Waals surface area contributed by atoms with Gasteiger partial charge >= 0.3 is 0 Å². The SMILES string of the molecule is COc1ccc(CCCC(=O)Nc2ccc(-c3nc4ccc(C)cc4s3)cc2)cc1. The minimum Gasteiger partial charge on any atom is -0.497 e. The normalized spacial score (nSPS) is 10.9. The van der Waals surface area contributed by atoms with Crippen molar-refractivity contribution in [1.82, 2.24) is 4.98 Å². The molecule has 3 aromatic carbocycles. The van der Waals surface area contributed by atoms with Crippen molar-refractivity contribution < 1.29 is 9.53 Å². The van der Waals surface area contributed by atoms with Crippen molar-refractivity contribution in [2.75, 3.05) is 12.4 Å². The fourth-order valence-corrected chi connectivity index (χ4v) is 4.39. The first-order chi connectivity index (χ1) is 14.6. The van der Waals surface area contributed by atoms with E-state index in [1.807, 2.05) is 48.5 Å². The molecule has 5 heteroatoms. The number of thiazole rings is 1. The van der Waals surface area contributed by atoms with E-state index in [9.17, 15) is 4.79 Å². The summed E-state index contributed by atoms with van der Waals surface area (Å²) in [6.07, 6.45) is 2.17. The summed E-state index contributed by atoms with van der Waals surface area (Å²) in [7, 11) is 1.66. The van der Waals surface area contributed by atoms with Crippen LogP contribution < -0.4 is 10.1 Å². The predicted octanol–water partition coefficient (Wildman–Crippen LogP) is 6.24. The second-order valence-electron chi connectivity index (χ2n) is 7.32. The van der Waals surface area contributed by atoms with Gasteiger partial charge in [0.25, 0.3) is 0 Å². The van der Waals surface area contributed by atoms with Gasteiger partial charge in [-0.25, -0.2) is 4.98 Å². The Morgan fingerprint density at radius 2 is 1.80 bits per heavy atom. The smallest absolute Gasteiger partial charge is 0.224 e. The number of hydrogen-bond acceptors (Lipinski definition) is 4. The van der Waals surface area contributed by atoms with E-state index in [0.717, 1.165) is 40.4 Å². The van der Waals surface area contributed by atoms with Gasteiger partial charge in [-0.3, -0.25) is 4.79 Å². The number of carbonyl (C=O) groups excluding carboxylic acids is 1. The van der Waals surface area contributed by atoms with Gasteiger partial charge in [0.1, 0.15) is 10.8 Å². The standard InChI is InChI=1S/C25H24N2O2S/c1-17-6-15-22-23(16-17)30-25(27-22)19-9-11-20(12-10-19)26-24(28)5-3-4-18-7-13-21(29-2)14-8-18/h6-16H,3-5H2,1-2H3,(H,26,28). The van der Waals surface area contributed by atoms with Gasteiger partial charge in [0.15, 0.2) is 0 Å². The highest BCUT2D eigenvalue weighted by Gasteiger charge is 2.08. The highest BCUT2D eigenvalue weighted by Crippen LogP contribution is 2.31. The summed E-state index contributed by atoms with van der Waals surface area (Å²) in [4.78, 5) is 17.0. The average molecular weight is 417 g/mol. The molecule has 0 bridgehead atoms. The molecule has 30 heavy (non-hydrogen) atoms. The monoisotopic (exact) mass is 416 g/mol. The number of amides is 1. The van der Waals surface area contributed by atoms with Crippen molar-refractivity contribution in [1.29, 1.82) is 0 Å². The zero-order valence-corrected chi connectivity index (χ0v) is 18.0. The maximum absolute atomic E-state index is 12.3. The van der Waals surface area contributed by atoms with Crippen LogP contribution in [0.1, 0.15) is 24.0 Å². The summed E-state index contributed by atoms with van der Waals surface area (Å²) in [5, 5.41) is 3.98. The van der Waals surface area contributed by atoms with Crippen molar-refractivity contribution in [3.8, 4) is 16.3 Å². The number of carbonyl (C=O) groups is 1. The third-order valence-electron chi connectivity index (χ3n) is 4.99. The summed E-state index contributed by atoms with van der Waals surface area (Å²) in [6, 6.07) is 22.2. The van der Waals surface area contributed by atoms with Crippen molar-refractivity contribution >= 4 is 33.1 Å². The number of fused-ring (bicyclic) bond motifs is 1. The van der Waals surface area contributed by atoms with Crippen LogP contribution in [-0.4, -0.2) is 18.0 Å². The van der Waals surface area contributed by atoms with E-state index in [1.54, 1.807) is 18.4 Å². The van der Waals surface area contributed by atoms with Gasteiger partial charge in [0.2, 0.25) is 5.91 Å². The number of ether oxygens (including phenoxy) is 1. The summed E-state index contributed by atoms with van der Waals surface area (Å²) >= 11 is 1.69. The lowest BCUT2D eigenvalue weighted by Gasteiger charge is -2.06. The zero-order chi connectivity index (χ0) is 20.9. The molecule has 0 saturated carbocycles. The second-order valence-corrected chi connectivity index (χ2v) is 8.35. The summed E-state index contributed by atoms with van der Waals surface area (Å²) in [5.74, 6) is 0.882.